The molecule has 5 rings (SSSR count). The molecule has 1 aliphatic heterocycles. The normalized spacial score (nSPS) is 15.4. The Morgan fingerprint density at radius 1 is 1.15 bits per heavy atom. The summed E-state index contributed by atoms with van der Waals surface area (Å²) < 4.78 is 17.5. The molecule has 1 atom stereocenters. The number of aryl methyl sites for hydroxylation is 1. The number of carbonyl (C=O) groups is 1. The van der Waals surface area contributed by atoms with E-state index in [2.05, 4.69) is 23.1 Å². The standard InChI is InChI=1S/C32H33FN6O2/c1-7-22-11-9-10-12-23(22)28-25(33)17-24-30(38-16-15-37(18-21(38)6)26(40)8-2)36-32(41)39(31(24)35-28)29-20(5)13-14-34-27(29)19(3)4/h7-14,17,19,21H,1-2,15-16,18H2,3-6H3/t21-/m0/s1. The molecule has 0 radical (unpaired) electrons. The van der Waals surface area contributed by atoms with Gasteiger partial charge in [0.1, 0.15) is 17.3 Å². The van der Waals surface area contributed by atoms with Crippen LogP contribution in [0.15, 0.2) is 66.6 Å². The van der Waals surface area contributed by atoms with Crippen LogP contribution in [0.4, 0.5) is 10.2 Å². The fourth-order valence-corrected chi connectivity index (χ4v) is 5.49. The smallest absolute Gasteiger partial charge is 0.350 e. The van der Waals surface area contributed by atoms with E-state index in [1.165, 1.54) is 16.7 Å². The lowest BCUT2D eigenvalue weighted by atomic mass is 10.0. The van der Waals surface area contributed by atoms with Gasteiger partial charge in [0.05, 0.1) is 16.8 Å². The van der Waals surface area contributed by atoms with E-state index in [-0.39, 0.29) is 29.2 Å². The van der Waals surface area contributed by atoms with Gasteiger partial charge in [-0.3, -0.25) is 9.78 Å². The molecule has 0 spiro atoms. The number of carbonyl (C=O) groups excluding carboxylic acids is 1. The van der Waals surface area contributed by atoms with Crippen LogP contribution in [0.2, 0.25) is 0 Å². The van der Waals surface area contributed by atoms with Crippen LogP contribution in [-0.2, 0) is 4.79 Å². The number of aromatic nitrogens is 4. The third kappa shape index (κ3) is 4.92. The van der Waals surface area contributed by atoms with E-state index in [4.69, 9.17) is 4.98 Å². The van der Waals surface area contributed by atoms with E-state index < -0.39 is 11.5 Å². The second-order valence-electron chi connectivity index (χ2n) is 10.6. The molecule has 4 heterocycles. The topological polar surface area (TPSA) is 84.2 Å². The van der Waals surface area contributed by atoms with Gasteiger partial charge in [-0.15, -0.1) is 0 Å². The average molecular weight is 553 g/mol. The minimum absolute atomic E-state index is 0.00318. The first-order valence-corrected chi connectivity index (χ1v) is 13.6. The Hall–Kier alpha value is -4.66. The van der Waals surface area contributed by atoms with E-state index in [1.807, 2.05) is 56.9 Å². The van der Waals surface area contributed by atoms with Gasteiger partial charge in [-0.25, -0.2) is 18.7 Å². The van der Waals surface area contributed by atoms with Crippen molar-refractivity contribution < 1.29 is 9.18 Å². The lowest BCUT2D eigenvalue weighted by Gasteiger charge is -2.40. The van der Waals surface area contributed by atoms with Gasteiger partial charge in [0.15, 0.2) is 5.65 Å². The highest BCUT2D eigenvalue weighted by Crippen LogP contribution is 2.34. The molecule has 1 amide bonds. The van der Waals surface area contributed by atoms with Gasteiger partial charge in [0.25, 0.3) is 0 Å². The van der Waals surface area contributed by atoms with Crippen molar-refractivity contribution in [2.45, 2.75) is 39.7 Å². The average Bonchev–Trinajstić information content (AvgIpc) is 2.96. The Bertz CT molecular complexity index is 1740. The number of nitrogens with zero attached hydrogens (tertiary/aromatic N) is 6. The van der Waals surface area contributed by atoms with Crippen LogP contribution in [0, 0.1) is 12.7 Å². The summed E-state index contributed by atoms with van der Waals surface area (Å²) >= 11 is 0. The predicted molar refractivity (Wildman–Crippen MR) is 161 cm³/mol. The van der Waals surface area contributed by atoms with Gasteiger partial charge in [0, 0.05) is 37.4 Å². The molecule has 0 N–H and O–H groups in total. The summed E-state index contributed by atoms with van der Waals surface area (Å²) in [5.41, 5.74) is 3.27. The van der Waals surface area contributed by atoms with Crippen LogP contribution in [0.5, 0.6) is 0 Å². The van der Waals surface area contributed by atoms with Crippen molar-refractivity contribution in [3.8, 4) is 16.9 Å². The number of hydrogen-bond acceptors (Lipinski definition) is 6. The molecule has 0 bridgehead atoms. The van der Waals surface area contributed by atoms with E-state index in [0.29, 0.717) is 47.8 Å². The Kier molecular flexibility index (Phi) is 7.53. The lowest BCUT2D eigenvalue weighted by Crippen LogP contribution is -2.54. The summed E-state index contributed by atoms with van der Waals surface area (Å²) in [4.78, 5) is 43.8. The first-order valence-electron chi connectivity index (χ1n) is 13.6. The third-order valence-electron chi connectivity index (χ3n) is 7.55. The summed E-state index contributed by atoms with van der Waals surface area (Å²) in [5.74, 6) is -0.359. The number of hydrogen-bond donors (Lipinski definition) is 0. The molecule has 9 heteroatoms. The zero-order valence-electron chi connectivity index (χ0n) is 23.8. The molecular formula is C32H33FN6O2. The van der Waals surface area contributed by atoms with Gasteiger partial charge in [-0.05, 0) is 49.1 Å². The van der Waals surface area contributed by atoms with Crippen LogP contribution >= 0.6 is 0 Å². The summed E-state index contributed by atoms with van der Waals surface area (Å²) in [5, 5.41) is 0.398. The predicted octanol–water partition coefficient (Wildman–Crippen LogP) is 5.28. The molecule has 1 aromatic carbocycles. The van der Waals surface area contributed by atoms with E-state index in [0.717, 1.165) is 11.1 Å². The van der Waals surface area contributed by atoms with Gasteiger partial charge in [-0.2, -0.15) is 4.98 Å². The molecule has 1 saturated heterocycles. The summed E-state index contributed by atoms with van der Waals surface area (Å²) in [7, 11) is 0. The molecule has 0 aliphatic carbocycles. The Balaban J connectivity index is 1.82. The monoisotopic (exact) mass is 552 g/mol. The molecule has 0 unspecified atom stereocenters. The first kappa shape index (κ1) is 27.9. The van der Waals surface area contributed by atoms with Gasteiger partial charge >= 0.3 is 5.69 Å². The molecule has 1 fully saturated rings. The van der Waals surface area contributed by atoms with Gasteiger partial charge in [-0.1, -0.05) is 57.3 Å². The minimum Gasteiger partial charge on any atom is -0.350 e. The molecular weight excluding hydrogens is 519 g/mol. The number of anilines is 1. The molecule has 3 aromatic heterocycles. The number of amides is 1. The van der Waals surface area contributed by atoms with Gasteiger partial charge < -0.3 is 9.80 Å². The first-order chi connectivity index (χ1) is 19.7. The van der Waals surface area contributed by atoms with Crippen molar-refractivity contribution >= 4 is 28.8 Å². The minimum atomic E-state index is -0.542. The lowest BCUT2D eigenvalue weighted by molar-refractivity contribution is -0.126. The molecule has 41 heavy (non-hydrogen) atoms. The van der Waals surface area contributed by atoms with Crippen LogP contribution < -0.4 is 10.6 Å². The third-order valence-corrected chi connectivity index (χ3v) is 7.55. The number of piperazine rings is 1. The molecule has 210 valence electrons. The highest BCUT2D eigenvalue weighted by atomic mass is 19.1. The number of pyridine rings is 2. The fraction of sp³-hybridized carbons (Fsp3) is 0.281. The quantitative estimate of drug-likeness (QED) is 0.303. The summed E-state index contributed by atoms with van der Waals surface area (Å²) in [6, 6.07) is 10.3. The van der Waals surface area contributed by atoms with Crippen LogP contribution in [-0.4, -0.2) is 56.0 Å². The van der Waals surface area contributed by atoms with Crippen molar-refractivity contribution in [1.29, 1.82) is 0 Å². The summed E-state index contributed by atoms with van der Waals surface area (Å²) in [6.45, 7) is 16.6. The maximum absolute atomic E-state index is 16.0. The Morgan fingerprint density at radius 2 is 1.90 bits per heavy atom. The number of halogens is 1. The Morgan fingerprint density at radius 3 is 2.59 bits per heavy atom. The van der Waals surface area contributed by atoms with Crippen molar-refractivity contribution in [3.63, 3.8) is 0 Å². The number of rotatable bonds is 6. The summed E-state index contributed by atoms with van der Waals surface area (Å²) in [6.07, 6.45) is 4.66. The second-order valence-corrected chi connectivity index (χ2v) is 10.6. The van der Waals surface area contributed by atoms with Crippen molar-refractivity contribution in [3.05, 3.63) is 95.0 Å². The zero-order chi connectivity index (χ0) is 29.4. The number of benzene rings is 1. The SMILES string of the molecule is C=CC(=O)N1CCN(c2nc(=O)n(-c3c(C)ccnc3C(C)C)c3nc(-c4ccccc4C=C)c(F)cc23)[C@@H](C)C1. The maximum Gasteiger partial charge on any atom is 0.355 e. The van der Waals surface area contributed by atoms with E-state index in [9.17, 15) is 9.59 Å². The van der Waals surface area contributed by atoms with Crippen LogP contribution in [0.1, 0.15) is 43.5 Å². The molecule has 4 aromatic rings. The van der Waals surface area contributed by atoms with E-state index in [1.54, 1.807) is 23.2 Å². The van der Waals surface area contributed by atoms with Crippen LogP contribution in [0.3, 0.4) is 0 Å². The maximum atomic E-state index is 16.0. The molecule has 8 nitrogen and oxygen atoms in total. The Labute approximate surface area is 238 Å². The highest BCUT2D eigenvalue weighted by molar-refractivity contribution is 5.91. The highest BCUT2D eigenvalue weighted by Gasteiger charge is 2.30. The van der Waals surface area contributed by atoms with E-state index >= 15 is 4.39 Å². The van der Waals surface area contributed by atoms with Crippen LogP contribution in [0.25, 0.3) is 34.1 Å². The molecule has 0 saturated carbocycles. The number of fused-ring (bicyclic) bond motifs is 1. The molecule has 1 aliphatic rings. The second kappa shape index (κ2) is 11.1. The largest absolute Gasteiger partial charge is 0.355 e. The van der Waals surface area contributed by atoms with Gasteiger partial charge in [0.2, 0.25) is 5.91 Å². The zero-order valence-corrected chi connectivity index (χ0v) is 23.8. The fourth-order valence-electron chi connectivity index (χ4n) is 5.49. The van der Waals surface area contributed by atoms with Crippen molar-refractivity contribution in [2.24, 2.45) is 0 Å². The van der Waals surface area contributed by atoms with Crippen molar-refractivity contribution in [1.82, 2.24) is 24.4 Å². The van der Waals surface area contributed by atoms with Crippen molar-refractivity contribution in [2.75, 3.05) is 24.5 Å².